The van der Waals surface area contributed by atoms with E-state index in [9.17, 15) is 9.90 Å². The minimum absolute atomic E-state index is 0.239. The van der Waals surface area contributed by atoms with Gasteiger partial charge in [0.2, 0.25) is 0 Å². The van der Waals surface area contributed by atoms with Gasteiger partial charge < -0.3 is 14.2 Å². The molecule has 0 aromatic carbocycles. The summed E-state index contributed by atoms with van der Waals surface area (Å²) >= 11 is 0. The van der Waals surface area contributed by atoms with E-state index < -0.39 is 20.6 Å². The molecule has 0 aromatic rings. The van der Waals surface area contributed by atoms with E-state index >= 15 is 0 Å². The number of carboxylic acids is 1. The van der Waals surface area contributed by atoms with Crippen LogP contribution in [0.15, 0.2) is 0 Å². The largest absolute Gasteiger partial charge is 0.479 e. The fourth-order valence-electron chi connectivity index (χ4n) is 3.31. The van der Waals surface area contributed by atoms with Gasteiger partial charge in [-0.2, -0.15) is 0 Å². The van der Waals surface area contributed by atoms with E-state index in [1.807, 2.05) is 0 Å². The van der Waals surface area contributed by atoms with Crippen molar-refractivity contribution in [2.45, 2.75) is 123 Å². The molecule has 0 radical (unpaired) electrons. The van der Waals surface area contributed by atoms with Crippen molar-refractivity contribution >= 4 is 14.5 Å². The Morgan fingerprint density at radius 3 is 1.70 bits per heavy atom. The van der Waals surface area contributed by atoms with Gasteiger partial charge in [-0.05, 0) is 34.1 Å². The van der Waals surface area contributed by atoms with Gasteiger partial charge in [-0.25, -0.2) is 9.46 Å². The Kier molecular flexibility index (Phi) is 16.6. The highest BCUT2D eigenvalue weighted by molar-refractivity contribution is 7.44. The van der Waals surface area contributed by atoms with E-state index in [1.165, 1.54) is 51.4 Å². The maximum atomic E-state index is 11.6. The van der Waals surface area contributed by atoms with E-state index in [1.54, 1.807) is 7.11 Å². The summed E-state index contributed by atoms with van der Waals surface area (Å²) in [6.45, 7) is 10.6. The molecule has 0 spiro atoms. The summed E-state index contributed by atoms with van der Waals surface area (Å²) in [5, 5.41) is 9.53. The Labute approximate surface area is 169 Å². The first-order valence-corrected chi connectivity index (χ1v) is 12.0. The van der Waals surface area contributed by atoms with Crippen LogP contribution >= 0.6 is 8.53 Å². The first kappa shape index (κ1) is 26.8. The van der Waals surface area contributed by atoms with Crippen molar-refractivity contribution in [2.24, 2.45) is 0 Å². The van der Waals surface area contributed by atoms with Gasteiger partial charge in [0, 0.05) is 19.2 Å². The molecule has 1 N–H and O–H groups in total. The molecule has 162 valence electrons. The third-order valence-corrected chi connectivity index (χ3v) is 6.76. The number of unbranched alkanes of at least 4 members (excludes halogenated alkanes) is 9. The molecule has 0 heterocycles. The number of rotatable bonds is 18. The second-order valence-electron chi connectivity index (χ2n) is 7.89. The molecule has 0 bridgehead atoms. The van der Waals surface area contributed by atoms with Gasteiger partial charge in [0.25, 0.3) is 8.53 Å². The third kappa shape index (κ3) is 12.8. The summed E-state index contributed by atoms with van der Waals surface area (Å²) in [6.07, 6.45) is 12.2. The molecule has 6 heteroatoms. The number of nitrogens with zero attached hydrogens (tertiary/aromatic N) is 1. The van der Waals surface area contributed by atoms with Crippen LogP contribution in [-0.4, -0.2) is 41.0 Å². The first-order chi connectivity index (χ1) is 12.8. The summed E-state index contributed by atoms with van der Waals surface area (Å²) in [6, 6.07) is 0.477. The van der Waals surface area contributed by atoms with Crippen molar-refractivity contribution in [1.82, 2.24) is 4.67 Å². The molecular formula is C21H44NO4P. The zero-order valence-corrected chi connectivity index (χ0v) is 19.5. The second-order valence-corrected chi connectivity index (χ2v) is 9.40. The average Bonchev–Trinajstić information content (AvgIpc) is 2.60. The highest BCUT2D eigenvalue weighted by atomic mass is 31.2. The maximum absolute atomic E-state index is 11.6. The predicted molar refractivity (Wildman–Crippen MR) is 115 cm³/mol. The normalized spacial score (nSPS) is 14.3. The van der Waals surface area contributed by atoms with Crippen molar-refractivity contribution in [2.75, 3.05) is 7.11 Å². The molecule has 27 heavy (non-hydrogen) atoms. The van der Waals surface area contributed by atoms with Gasteiger partial charge in [-0.15, -0.1) is 0 Å². The van der Waals surface area contributed by atoms with E-state index in [-0.39, 0.29) is 12.1 Å². The van der Waals surface area contributed by atoms with Crippen molar-refractivity contribution in [3.63, 3.8) is 0 Å². The number of carboxylic acid groups (broad SMARTS) is 1. The zero-order valence-electron chi connectivity index (χ0n) is 18.6. The van der Waals surface area contributed by atoms with Crippen LogP contribution in [0.4, 0.5) is 0 Å². The zero-order chi connectivity index (χ0) is 20.7. The van der Waals surface area contributed by atoms with Crippen molar-refractivity contribution in [3.05, 3.63) is 0 Å². The fourth-order valence-corrected chi connectivity index (χ4v) is 4.86. The van der Waals surface area contributed by atoms with E-state index in [2.05, 4.69) is 39.3 Å². The van der Waals surface area contributed by atoms with Crippen molar-refractivity contribution < 1.29 is 18.9 Å². The van der Waals surface area contributed by atoms with Gasteiger partial charge in [-0.3, -0.25) is 0 Å². The fraction of sp³-hybridized carbons (Fsp3) is 0.952. The summed E-state index contributed by atoms with van der Waals surface area (Å²) < 4.78 is 13.5. The lowest BCUT2D eigenvalue weighted by atomic mass is 10.0. The lowest BCUT2D eigenvalue weighted by molar-refractivity contribution is -0.145. The van der Waals surface area contributed by atoms with Crippen LogP contribution in [-0.2, 0) is 13.8 Å². The van der Waals surface area contributed by atoms with Gasteiger partial charge in [0.15, 0.2) is 6.10 Å². The SMILES string of the molecule is CCCCCCCCCCCCC(OP(OC)N(C(C)C)C(C)C)C(=O)O. The van der Waals surface area contributed by atoms with Gasteiger partial charge >= 0.3 is 5.97 Å². The van der Waals surface area contributed by atoms with E-state index in [0.717, 1.165) is 12.8 Å². The molecule has 0 fully saturated rings. The van der Waals surface area contributed by atoms with E-state index in [4.69, 9.17) is 9.05 Å². The number of aliphatic carboxylic acids is 1. The first-order valence-electron chi connectivity index (χ1n) is 10.9. The van der Waals surface area contributed by atoms with Gasteiger partial charge in [0.1, 0.15) is 0 Å². The van der Waals surface area contributed by atoms with Crippen LogP contribution in [0.3, 0.4) is 0 Å². The van der Waals surface area contributed by atoms with Crippen LogP contribution in [0, 0.1) is 0 Å². The molecule has 0 aliphatic carbocycles. The average molecular weight is 406 g/mol. The quantitative estimate of drug-likeness (QED) is 0.202. The third-order valence-electron chi connectivity index (χ3n) is 4.72. The number of carbonyl (C=O) groups is 1. The minimum Gasteiger partial charge on any atom is -0.479 e. The molecule has 0 saturated carbocycles. The Bertz CT molecular complexity index is 358. The van der Waals surface area contributed by atoms with Gasteiger partial charge in [-0.1, -0.05) is 71.1 Å². The van der Waals surface area contributed by atoms with Gasteiger partial charge in [0.05, 0.1) is 0 Å². The molecule has 2 unspecified atom stereocenters. The number of hydrogen-bond donors (Lipinski definition) is 1. The molecule has 0 aliphatic rings. The van der Waals surface area contributed by atoms with Crippen molar-refractivity contribution in [1.29, 1.82) is 0 Å². The summed E-state index contributed by atoms with van der Waals surface area (Å²) in [5.74, 6) is -0.886. The van der Waals surface area contributed by atoms with Crippen LogP contribution in [0.1, 0.15) is 105 Å². The molecule has 2 atom stereocenters. The molecular weight excluding hydrogens is 361 g/mol. The Morgan fingerprint density at radius 1 is 0.889 bits per heavy atom. The van der Waals surface area contributed by atoms with E-state index in [0.29, 0.717) is 6.42 Å². The van der Waals surface area contributed by atoms with Crippen molar-refractivity contribution in [3.8, 4) is 0 Å². The minimum atomic E-state index is -1.36. The standard InChI is InChI=1S/C21H44NO4P/c1-7-8-9-10-11-12-13-14-15-16-17-20(21(23)24)26-27(25-6)22(18(2)3)19(4)5/h18-20H,7-17H2,1-6H3,(H,23,24). The second kappa shape index (κ2) is 16.7. The lowest BCUT2D eigenvalue weighted by Gasteiger charge is -2.36. The molecule has 0 aromatic heterocycles. The Morgan fingerprint density at radius 2 is 1.33 bits per heavy atom. The Hall–Kier alpha value is -0.220. The van der Waals surface area contributed by atoms with Crippen LogP contribution in [0.5, 0.6) is 0 Å². The lowest BCUT2D eigenvalue weighted by Crippen LogP contribution is -2.35. The summed E-state index contributed by atoms with van der Waals surface area (Å²) in [5.41, 5.74) is 0. The summed E-state index contributed by atoms with van der Waals surface area (Å²) in [4.78, 5) is 11.6. The van der Waals surface area contributed by atoms with Crippen LogP contribution in [0.2, 0.25) is 0 Å². The highest BCUT2D eigenvalue weighted by Crippen LogP contribution is 2.46. The topological polar surface area (TPSA) is 59.0 Å². The van der Waals surface area contributed by atoms with Crippen LogP contribution < -0.4 is 0 Å². The highest BCUT2D eigenvalue weighted by Gasteiger charge is 2.31. The summed E-state index contributed by atoms with van der Waals surface area (Å²) in [7, 11) is 0.242. The smallest absolute Gasteiger partial charge is 0.333 e. The molecule has 0 amide bonds. The Balaban J connectivity index is 4.17. The van der Waals surface area contributed by atoms with Crippen LogP contribution in [0.25, 0.3) is 0 Å². The maximum Gasteiger partial charge on any atom is 0.333 e. The predicted octanol–water partition coefficient (Wildman–Crippen LogP) is 6.76. The molecule has 0 rings (SSSR count). The monoisotopic (exact) mass is 405 g/mol. The molecule has 0 saturated heterocycles. The molecule has 5 nitrogen and oxygen atoms in total. The molecule has 0 aliphatic heterocycles. The number of hydrogen-bond acceptors (Lipinski definition) is 4.